The van der Waals surface area contributed by atoms with Gasteiger partial charge in [0.25, 0.3) is 5.91 Å². The van der Waals surface area contributed by atoms with E-state index in [-0.39, 0.29) is 29.3 Å². The summed E-state index contributed by atoms with van der Waals surface area (Å²) in [6.45, 7) is 11.8. The molecule has 39 heavy (non-hydrogen) atoms. The molecule has 2 heterocycles. The van der Waals surface area contributed by atoms with Gasteiger partial charge in [0.2, 0.25) is 5.91 Å². The van der Waals surface area contributed by atoms with Gasteiger partial charge in [-0.15, -0.1) is 0 Å². The average Bonchev–Trinajstić information content (AvgIpc) is 3.41. The molecule has 2 saturated heterocycles. The van der Waals surface area contributed by atoms with Crippen LogP contribution >= 0.6 is 0 Å². The first-order valence-corrected chi connectivity index (χ1v) is 14.8. The van der Waals surface area contributed by atoms with E-state index in [0.29, 0.717) is 30.1 Å². The van der Waals surface area contributed by atoms with Crippen LogP contribution in [0.5, 0.6) is 0 Å². The maximum Gasteiger partial charge on any atom is 0.253 e. The van der Waals surface area contributed by atoms with Crippen molar-refractivity contribution in [3.63, 3.8) is 0 Å². The molecule has 2 N–H and O–H groups in total. The minimum absolute atomic E-state index is 0.00746. The van der Waals surface area contributed by atoms with Gasteiger partial charge in [0.15, 0.2) is 0 Å². The van der Waals surface area contributed by atoms with Crippen molar-refractivity contribution in [3.05, 3.63) is 59.7 Å². The van der Waals surface area contributed by atoms with Crippen LogP contribution < -0.4 is 15.5 Å². The molecule has 0 bridgehead atoms. The monoisotopic (exact) mass is 533 g/mol. The van der Waals surface area contributed by atoms with E-state index >= 15 is 0 Å². The molecule has 2 aliphatic rings. The molecule has 2 aromatic carbocycles. The lowest BCUT2D eigenvalue weighted by atomic mass is 9.84. The van der Waals surface area contributed by atoms with Gasteiger partial charge < -0.3 is 20.3 Å². The van der Waals surface area contributed by atoms with Crippen molar-refractivity contribution in [2.75, 3.05) is 36.5 Å². The van der Waals surface area contributed by atoms with Crippen molar-refractivity contribution in [1.29, 1.82) is 0 Å². The molecule has 2 amide bonds. The molecule has 4 rings (SSSR count). The van der Waals surface area contributed by atoms with Crippen LogP contribution in [0.1, 0.15) is 82.1 Å². The predicted molar refractivity (Wildman–Crippen MR) is 159 cm³/mol. The first-order chi connectivity index (χ1) is 18.7. The van der Waals surface area contributed by atoms with Gasteiger partial charge in [0, 0.05) is 44.0 Å². The summed E-state index contributed by atoms with van der Waals surface area (Å²) in [4.78, 5) is 28.6. The summed E-state index contributed by atoms with van der Waals surface area (Å²) in [5, 5.41) is 6.15. The molecule has 0 aromatic heterocycles. The van der Waals surface area contributed by atoms with Gasteiger partial charge in [-0.1, -0.05) is 58.0 Å². The fourth-order valence-corrected chi connectivity index (χ4v) is 6.15. The van der Waals surface area contributed by atoms with Gasteiger partial charge in [0.05, 0.1) is 11.7 Å². The highest BCUT2D eigenvalue weighted by atomic mass is 16.5. The van der Waals surface area contributed by atoms with Crippen molar-refractivity contribution in [2.24, 2.45) is 17.3 Å². The topological polar surface area (TPSA) is 70.7 Å². The van der Waals surface area contributed by atoms with Crippen LogP contribution in [0.2, 0.25) is 0 Å². The van der Waals surface area contributed by atoms with Crippen molar-refractivity contribution < 1.29 is 14.3 Å². The molecule has 2 unspecified atom stereocenters. The number of piperidine rings is 1. The van der Waals surface area contributed by atoms with Crippen LogP contribution in [0.3, 0.4) is 0 Å². The molecular formula is C33H47N3O3. The zero-order valence-electron chi connectivity index (χ0n) is 24.3. The predicted octanol–water partition coefficient (Wildman–Crippen LogP) is 6.46. The Morgan fingerprint density at radius 3 is 2.46 bits per heavy atom. The Labute approximate surface area is 234 Å². The average molecular weight is 534 g/mol. The normalized spacial score (nSPS) is 19.1. The third-order valence-electron chi connectivity index (χ3n) is 7.86. The molecule has 6 nitrogen and oxygen atoms in total. The number of carbonyl (C=O) groups excluding carboxylic acids is 2. The number of rotatable bonds is 10. The second kappa shape index (κ2) is 13.5. The van der Waals surface area contributed by atoms with E-state index in [1.807, 2.05) is 18.2 Å². The third kappa shape index (κ3) is 9.10. The van der Waals surface area contributed by atoms with Crippen molar-refractivity contribution >= 4 is 23.2 Å². The Morgan fingerprint density at radius 1 is 1.05 bits per heavy atom. The molecule has 0 saturated carbocycles. The van der Waals surface area contributed by atoms with Gasteiger partial charge >= 0.3 is 0 Å². The number of ether oxygens (including phenoxy) is 1. The summed E-state index contributed by atoms with van der Waals surface area (Å²) >= 11 is 0. The van der Waals surface area contributed by atoms with E-state index in [2.05, 4.69) is 73.6 Å². The number of hydrogen-bond donors (Lipinski definition) is 2. The van der Waals surface area contributed by atoms with E-state index in [1.165, 1.54) is 5.56 Å². The van der Waals surface area contributed by atoms with Crippen LogP contribution in [0.15, 0.2) is 48.5 Å². The number of carbonyl (C=O) groups is 2. The lowest BCUT2D eigenvalue weighted by molar-refractivity contribution is -0.117. The Balaban J connectivity index is 1.43. The van der Waals surface area contributed by atoms with Crippen molar-refractivity contribution in [1.82, 2.24) is 5.32 Å². The fourth-order valence-electron chi connectivity index (χ4n) is 6.15. The zero-order valence-corrected chi connectivity index (χ0v) is 24.3. The second-order valence-electron chi connectivity index (χ2n) is 12.8. The number of amides is 2. The molecule has 2 aromatic rings. The van der Waals surface area contributed by atoms with E-state index in [4.69, 9.17) is 4.74 Å². The number of anilines is 2. The van der Waals surface area contributed by atoms with Gasteiger partial charge in [-0.2, -0.15) is 0 Å². The molecule has 212 valence electrons. The summed E-state index contributed by atoms with van der Waals surface area (Å²) < 4.78 is 5.71. The van der Waals surface area contributed by atoms with E-state index in [0.717, 1.165) is 63.9 Å². The number of nitrogens with one attached hydrogen (secondary N) is 2. The highest BCUT2D eigenvalue weighted by molar-refractivity contribution is 6.02. The minimum atomic E-state index is -0.107. The highest BCUT2D eigenvalue weighted by Crippen LogP contribution is 2.31. The number of nitrogens with zero attached hydrogens (tertiary/aromatic N) is 1. The van der Waals surface area contributed by atoms with E-state index in [9.17, 15) is 9.59 Å². The quantitative estimate of drug-likeness (QED) is 0.368. The minimum Gasteiger partial charge on any atom is -0.376 e. The van der Waals surface area contributed by atoms with Crippen LogP contribution in [-0.2, 0) is 16.0 Å². The fraction of sp³-hybridized carbons (Fsp3) is 0.576. The standard InChI is InChI=1S/C33H47N3O3/c1-24(22-33(2,3)4)19-31(37)35-27-12-13-30(29(21-27)32(38)34-23-28-11-8-18-39-28)36-16-14-26(15-17-36)20-25-9-6-5-7-10-25/h5-7,9-10,12-13,21,24,26,28H,8,11,14-20,22-23H2,1-4H3,(H,34,38)(H,35,37). The molecule has 0 radical (unpaired) electrons. The van der Waals surface area contributed by atoms with E-state index < -0.39 is 0 Å². The van der Waals surface area contributed by atoms with Crippen molar-refractivity contribution in [2.45, 2.75) is 78.7 Å². The van der Waals surface area contributed by atoms with E-state index in [1.54, 1.807) is 0 Å². The lowest BCUT2D eigenvalue weighted by Gasteiger charge is -2.35. The summed E-state index contributed by atoms with van der Waals surface area (Å²) in [6, 6.07) is 16.5. The highest BCUT2D eigenvalue weighted by Gasteiger charge is 2.25. The van der Waals surface area contributed by atoms with Gasteiger partial charge in [-0.25, -0.2) is 0 Å². The second-order valence-corrected chi connectivity index (χ2v) is 12.8. The Bertz CT molecular complexity index is 1080. The largest absolute Gasteiger partial charge is 0.376 e. The third-order valence-corrected chi connectivity index (χ3v) is 7.86. The summed E-state index contributed by atoms with van der Waals surface area (Å²) in [5.74, 6) is 0.820. The first kappa shape index (κ1) is 29.1. The summed E-state index contributed by atoms with van der Waals surface area (Å²) in [7, 11) is 0. The van der Waals surface area contributed by atoms with Crippen molar-refractivity contribution in [3.8, 4) is 0 Å². The van der Waals surface area contributed by atoms with Crippen LogP contribution in [0.25, 0.3) is 0 Å². The molecule has 2 fully saturated rings. The molecule has 2 aliphatic heterocycles. The Morgan fingerprint density at radius 2 is 1.79 bits per heavy atom. The number of benzene rings is 2. The van der Waals surface area contributed by atoms with Crippen LogP contribution in [0, 0.1) is 17.3 Å². The Hall–Kier alpha value is -2.86. The molecule has 0 spiro atoms. The van der Waals surface area contributed by atoms with Crippen LogP contribution in [-0.4, -0.2) is 44.2 Å². The summed E-state index contributed by atoms with van der Waals surface area (Å²) in [5.41, 5.74) is 3.81. The Kier molecular flexibility index (Phi) is 10.1. The SMILES string of the molecule is CC(CC(=O)Nc1ccc(N2CCC(Cc3ccccc3)CC2)c(C(=O)NCC2CCCO2)c1)CC(C)(C)C. The van der Waals surface area contributed by atoms with Gasteiger partial charge in [0.1, 0.15) is 0 Å². The molecular weight excluding hydrogens is 486 g/mol. The zero-order chi connectivity index (χ0) is 27.8. The maximum atomic E-state index is 13.4. The summed E-state index contributed by atoms with van der Waals surface area (Å²) in [6.07, 6.45) is 6.83. The maximum absolute atomic E-state index is 13.4. The van der Waals surface area contributed by atoms with Gasteiger partial charge in [-0.3, -0.25) is 9.59 Å². The van der Waals surface area contributed by atoms with Gasteiger partial charge in [-0.05, 0) is 79.5 Å². The lowest BCUT2D eigenvalue weighted by Crippen LogP contribution is -2.37. The molecule has 6 heteroatoms. The number of hydrogen-bond acceptors (Lipinski definition) is 4. The molecule has 0 aliphatic carbocycles. The molecule has 2 atom stereocenters. The first-order valence-electron chi connectivity index (χ1n) is 14.8. The van der Waals surface area contributed by atoms with Crippen LogP contribution in [0.4, 0.5) is 11.4 Å². The smallest absolute Gasteiger partial charge is 0.253 e.